The first-order chi connectivity index (χ1) is 8.29. The monoisotopic (exact) mass is 256 g/mol. The summed E-state index contributed by atoms with van der Waals surface area (Å²) < 4.78 is 18.4. The fourth-order valence-electron chi connectivity index (χ4n) is 1.15. The normalized spacial score (nSPS) is 11.1. The van der Waals surface area contributed by atoms with Gasteiger partial charge in [-0.3, -0.25) is 14.9 Å². The Kier molecular flexibility index (Phi) is 3.97. The second-order valence-electron chi connectivity index (χ2n) is 4.06. The van der Waals surface area contributed by atoms with Crippen molar-refractivity contribution in [2.45, 2.75) is 19.4 Å². The van der Waals surface area contributed by atoms with Crippen LogP contribution in [0, 0.1) is 15.9 Å². The van der Waals surface area contributed by atoms with E-state index >= 15 is 0 Å². The lowest BCUT2D eigenvalue weighted by molar-refractivity contribution is -0.384. The molecule has 0 saturated carbocycles. The summed E-state index contributed by atoms with van der Waals surface area (Å²) in [7, 11) is 1.31. The molecule has 0 saturated heterocycles. The van der Waals surface area contributed by atoms with Crippen molar-refractivity contribution < 1.29 is 18.8 Å². The molecule has 1 rings (SSSR count). The third kappa shape index (κ3) is 2.80. The molecule has 1 N–H and O–H groups in total. The maximum Gasteiger partial charge on any atom is 0.295 e. The Bertz CT molecular complexity index is 488. The van der Waals surface area contributed by atoms with Gasteiger partial charge in [-0.05, 0) is 19.9 Å². The van der Waals surface area contributed by atoms with Gasteiger partial charge in [-0.1, -0.05) is 6.07 Å². The zero-order valence-corrected chi connectivity index (χ0v) is 10.2. The number of carbonyl (C=O) groups is 1. The highest BCUT2D eigenvalue weighted by molar-refractivity contribution is 5.98. The molecule has 1 amide bonds. The van der Waals surface area contributed by atoms with Crippen molar-refractivity contribution in [3.63, 3.8) is 0 Å². The topological polar surface area (TPSA) is 81.5 Å². The molecule has 7 heteroatoms. The quantitative estimate of drug-likeness (QED) is 0.660. The Hall–Kier alpha value is -2.02. The lowest BCUT2D eigenvalue weighted by Gasteiger charge is -2.21. The van der Waals surface area contributed by atoms with Crippen LogP contribution < -0.4 is 5.32 Å². The van der Waals surface area contributed by atoms with Crippen LogP contribution in [-0.2, 0) is 9.53 Å². The highest BCUT2D eigenvalue weighted by Crippen LogP contribution is 2.28. The van der Waals surface area contributed by atoms with Gasteiger partial charge in [0.2, 0.25) is 0 Å². The van der Waals surface area contributed by atoms with E-state index in [2.05, 4.69) is 5.32 Å². The number of carbonyl (C=O) groups excluding carboxylic acids is 1. The molecule has 1 aromatic rings. The number of para-hydroxylation sites is 1. The second kappa shape index (κ2) is 5.09. The molecule has 0 radical (unpaired) electrons. The van der Waals surface area contributed by atoms with E-state index in [-0.39, 0.29) is 0 Å². The zero-order valence-electron chi connectivity index (χ0n) is 10.2. The van der Waals surface area contributed by atoms with E-state index in [9.17, 15) is 19.3 Å². The third-order valence-corrected chi connectivity index (χ3v) is 2.48. The fourth-order valence-corrected chi connectivity index (χ4v) is 1.15. The average Bonchev–Trinajstić information content (AvgIpc) is 2.31. The zero-order chi connectivity index (χ0) is 13.9. The van der Waals surface area contributed by atoms with E-state index in [0.717, 1.165) is 12.1 Å². The highest BCUT2D eigenvalue weighted by Gasteiger charge is 2.30. The van der Waals surface area contributed by atoms with Crippen LogP contribution in [0.3, 0.4) is 0 Å². The van der Waals surface area contributed by atoms with Gasteiger partial charge in [0.15, 0.2) is 11.5 Å². The maximum atomic E-state index is 13.5. The summed E-state index contributed by atoms with van der Waals surface area (Å²) in [6.07, 6.45) is 0. The van der Waals surface area contributed by atoms with Crippen LogP contribution in [0.2, 0.25) is 0 Å². The number of methoxy groups -OCH3 is 1. The van der Waals surface area contributed by atoms with E-state index in [4.69, 9.17) is 4.74 Å². The first-order valence-corrected chi connectivity index (χ1v) is 5.09. The van der Waals surface area contributed by atoms with Crippen molar-refractivity contribution in [3.05, 3.63) is 34.1 Å². The van der Waals surface area contributed by atoms with Crippen molar-refractivity contribution in [3.8, 4) is 0 Å². The van der Waals surface area contributed by atoms with Gasteiger partial charge in [0.1, 0.15) is 5.60 Å². The van der Waals surface area contributed by atoms with Crippen LogP contribution in [0.25, 0.3) is 0 Å². The average molecular weight is 256 g/mol. The Balaban J connectivity index is 3.12. The molecule has 6 nitrogen and oxygen atoms in total. The molecular weight excluding hydrogens is 243 g/mol. The van der Waals surface area contributed by atoms with Gasteiger partial charge in [0.05, 0.1) is 4.92 Å². The predicted molar refractivity (Wildman–Crippen MR) is 62.8 cm³/mol. The number of ether oxygens (including phenoxy) is 1. The SMILES string of the molecule is COC(C)(C)C(=O)Nc1c(F)cccc1[N+](=O)[O-]. The minimum Gasteiger partial charge on any atom is -0.369 e. The van der Waals surface area contributed by atoms with E-state index in [1.165, 1.54) is 27.0 Å². The summed E-state index contributed by atoms with van der Waals surface area (Å²) in [5.74, 6) is -1.54. The maximum absolute atomic E-state index is 13.5. The van der Waals surface area contributed by atoms with Gasteiger partial charge in [0, 0.05) is 13.2 Å². The summed E-state index contributed by atoms with van der Waals surface area (Å²) in [6, 6.07) is 3.34. The fraction of sp³-hybridized carbons (Fsp3) is 0.364. The molecule has 0 heterocycles. The van der Waals surface area contributed by atoms with Gasteiger partial charge < -0.3 is 10.1 Å². The summed E-state index contributed by atoms with van der Waals surface area (Å²) in [4.78, 5) is 21.7. The van der Waals surface area contributed by atoms with E-state index in [1.54, 1.807) is 0 Å². The standard InChI is InChI=1S/C11H13FN2O4/c1-11(2,18-3)10(15)13-9-7(12)5-4-6-8(9)14(16)17/h4-6H,1-3H3,(H,13,15). The number of amides is 1. The number of nitro benzene ring substituents is 1. The van der Waals surface area contributed by atoms with Crippen molar-refractivity contribution in [2.75, 3.05) is 12.4 Å². The number of anilines is 1. The molecule has 1 aromatic carbocycles. The lowest BCUT2D eigenvalue weighted by atomic mass is 10.1. The van der Waals surface area contributed by atoms with E-state index in [1.807, 2.05) is 0 Å². The van der Waals surface area contributed by atoms with Gasteiger partial charge in [-0.15, -0.1) is 0 Å². The smallest absolute Gasteiger partial charge is 0.295 e. The predicted octanol–water partition coefficient (Wildman–Crippen LogP) is 2.10. The van der Waals surface area contributed by atoms with Crippen LogP contribution in [0.4, 0.5) is 15.8 Å². The summed E-state index contributed by atoms with van der Waals surface area (Å²) in [5.41, 5.74) is -2.18. The van der Waals surface area contributed by atoms with Crippen LogP contribution in [-0.4, -0.2) is 23.5 Å². The van der Waals surface area contributed by atoms with Crippen molar-refractivity contribution in [2.24, 2.45) is 0 Å². The van der Waals surface area contributed by atoms with Crippen LogP contribution in [0.1, 0.15) is 13.8 Å². The molecule has 98 valence electrons. The minimum absolute atomic E-state index is 0.461. The molecule has 0 atom stereocenters. The van der Waals surface area contributed by atoms with Gasteiger partial charge in [-0.25, -0.2) is 4.39 Å². The molecule has 0 bridgehead atoms. The summed E-state index contributed by atoms with van der Waals surface area (Å²) in [5, 5.41) is 12.9. The molecule has 0 aromatic heterocycles. The summed E-state index contributed by atoms with van der Waals surface area (Å²) >= 11 is 0. The Morgan fingerprint density at radius 1 is 1.50 bits per heavy atom. The van der Waals surface area contributed by atoms with Crippen molar-refractivity contribution in [1.29, 1.82) is 0 Å². The number of halogens is 1. The molecule has 0 aliphatic heterocycles. The molecular formula is C11H13FN2O4. The first kappa shape index (κ1) is 14.0. The molecule has 0 aliphatic carbocycles. The van der Waals surface area contributed by atoms with E-state index in [0.29, 0.717) is 0 Å². The van der Waals surface area contributed by atoms with Crippen LogP contribution in [0.5, 0.6) is 0 Å². The third-order valence-electron chi connectivity index (χ3n) is 2.48. The number of nitrogens with zero attached hydrogens (tertiary/aromatic N) is 1. The van der Waals surface area contributed by atoms with Gasteiger partial charge in [0.25, 0.3) is 11.6 Å². The Morgan fingerprint density at radius 2 is 2.11 bits per heavy atom. The minimum atomic E-state index is -1.21. The number of benzene rings is 1. The number of hydrogen-bond donors (Lipinski definition) is 1. The number of nitrogens with one attached hydrogen (secondary N) is 1. The second-order valence-corrected chi connectivity index (χ2v) is 4.06. The molecule has 0 aliphatic rings. The molecule has 18 heavy (non-hydrogen) atoms. The molecule has 0 unspecified atom stereocenters. The van der Waals surface area contributed by atoms with Gasteiger partial charge in [-0.2, -0.15) is 0 Å². The highest BCUT2D eigenvalue weighted by atomic mass is 19.1. The molecule has 0 fully saturated rings. The van der Waals surface area contributed by atoms with Gasteiger partial charge >= 0.3 is 0 Å². The largest absolute Gasteiger partial charge is 0.369 e. The number of nitro groups is 1. The van der Waals surface area contributed by atoms with E-state index < -0.39 is 33.6 Å². The van der Waals surface area contributed by atoms with Crippen LogP contribution >= 0.6 is 0 Å². The number of rotatable bonds is 4. The summed E-state index contributed by atoms with van der Waals surface area (Å²) in [6.45, 7) is 2.93. The lowest BCUT2D eigenvalue weighted by Crippen LogP contribution is -2.39. The van der Waals surface area contributed by atoms with Crippen LogP contribution in [0.15, 0.2) is 18.2 Å². The Morgan fingerprint density at radius 3 is 2.61 bits per heavy atom. The Labute approximate surface area is 103 Å². The first-order valence-electron chi connectivity index (χ1n) is 5.09. The molecule has 0 spiro atoms. The van der Waals surface area contributed by atoms with Crippen molar-refractivity contribution >= 4 is 17.3 Å². The number of hydrogen-bond acceptors (Lipinski definition) is 4. The van der Waals surface area contributed by atoms with Crippen molar-refractivity contribution in [1.82, 2.24) is 0 Å².